The Bertz CT molecular complexity index is 403. The van der Waals surface area contributed by atoms with E-state index in [-0.39, 0.29) is 17.5 Å². The Labute approximate surface area is 104 Å². The number of amides is 1. The average Bonchev–Trinajstić information content (AvgIpc) is 2.75. The van der Waals surface area contributed by atoms with Crippen LogP contribution in [0.25, 0.3) is 0 Å². The number of rotatable bonds is 6. The smallest absolute Gasteiger partial charge is 0.336 e. The molecule has 0 spiro atoms. The van der Waals surface area contributed by atoms with Gasteiger partial charge in [-0.25, -0.2) is 4.79 Å². The molecule has 1 amide bonds. The van der Waals surface area contributed by atoms with Crippen LogP contribution < -0.4 is 10.6 Å². The van der Waals surface area contributed by atoms with E-state index in [2.05, 4.69) is 10.6 Å². The SMILES string of the molecule is CCNC(=O)C(C)NCc1cc(C(=O)O)cs1. The molecule has 3 N–H and O–H groups in total. The highest BCUT2D eigenvalue weighted by atomic mass is 32.1. The summed E-state index contributed by atoms with van der Waals surface area (Å²) in [6.45, 7) is 4.74. The Kier molecular flexibility index (Phi) is 5.11. The number of hydrogen-bond donors (Lipinski definition) is 3. The van der Waals surface area contributed by atoms with Crippen molar-refractivity contribution in [3.63, 3.8) is 0 Å². The van der Waals surface area contributed by atoms with Crippen molar-refractivity contribution in [2.75, 3.05) is 6.54 Å². The lowest BCUT2D eigenvalue weighted by Gasteiger charge is -2.12. The van der Waals surface area contributed by atoms with Gasteiger partial charge in [-0.05, 0) is 19.9 Å². The Balaban J connectivity index is 2.44. The van der Waals surface area contributed by atoms with Gasteiger partial charge in [0.25, 0.3) is 0 Å². The van der Waals surface area contributed by atoms with E-state index in [1.807, 2.05) is 6.92 Å². The molecule has 0 aliphatic carbocycles. The first kappa shape index (κ1) is 13.7. The number of thiophene rings is 1. The average molecular weight is 256 g/mol. The minimum Gasteiger partial charge on any atom is -0.478 e. The van der Waals surface area contributed by atoms with E-state index in [0.717, 1.165) is 4.88 Å². The second-order valence-electron chi connectivity index (χ2n) is 3.60. The molecule has 0 aromatic carbocycles. The molecule has 1 unspecified atom stereocenters. The number of nitrogens with one attached hydrogen (secondary N) is 2. The monoisotopic (exact) mass is 256 g/mol. The Morgan fingerprint density at radius 1 is 1.53 bits per heavy atom. The van der Waals surface area contributed by atoms with Crippen LogP contribution in [0.4, 0.5) is 0 Å². The lowest BCUT2D eigenvalue weighted by atomic mass is 10.3. The zero-order valence-electron chi connectivity index (χ0n) is 9.82. The van der Waals surface area contributed by atoms with Crippen LogP contribution in [-0.4, -0.2) is 29.6 Å². The van der Waals surface area contributed by atoms with E-state index in [0.29, 0.717) is 13.1 Å². The molecule has 1 aromatic rings. The van der Waals surface area contributed by atoms with E-state index in [1.165, 1.54) is 11.3 Å². The highest BCUT2D eigenvalue weighted by Crippen LogP contribution is 2.14. The van der Waals surface area contributed by atoms with Crippen molar-refractivity contribution < 1.29 is 14.7 Å². The molecule has 17 heavy (non-hydrogen) atoms. The van der Waals surface area contributed by atoms with Gasteiger partial charge in [0.05, 0.1) is 11.6 Å². The van der Waals surface area contributed by atoms with Gasteiger partial charge < -0.3 is 15.7 Å². The molecule has 1 rings (SSSR count). The molecule has 0 saturated heterocycles. The predicted octanol–water partition coefficient (Wildman–Crippen LogP) is 1.06. The van der Waals surface area contributed by atoms with Crippen LogP contribution in [0.3, 0.4) is 0 Å². The first-order valence-electron chi connectivity index (χ1n) is 5.36. The fourth-order valence-corrected chi connectivity index (χ4v) is 2.07. The topological polar surface area (TPSA) is 78.4 Å². The molecule has 5 nitrogen and oxygen atoms in total. The quantitative estimate of drug-likeness (QED) is 0.711. The van der Waals surface area contributed by atoms with Crippen LogP contribution >= 0.6 is 11.3 Å². The second-order valence-corrected chi connectivity index (χ2v) is 4.60. The van der Waals surface area contributed by atoms with E-state index < -0.39 is 5.97 Å². The molecule has 0 aliphatic heterocycles. The van der Waals surface area contributed by atoms with Crippen molar-refractivity contribution in [2.45, 2.75) is 26.4 Å². The van der Waals surface area contributed by atoms with Gasteiger partial charge in [-0.3, -0.25) is 4.79 Å². The molecule has 0 saturated carbocycles. The molecule has 0 fully saturated rings. The molecule has 6 heteroatoms. The highest BCUT2D eigenvalue weighted by molar-refractivity contribution is 7.10. The maximum Gasteiger partial charge on any atom is 0.336 e. The summed E-state index contributed by atoms with van der Waals surface area (Å²) in [5, 5.41) is 16.1. The number of likely N-dealkylation sites (N-methyl/N-ethyl adjacent to an activating group) is 1. The van der Waals surface area contributed by atoms with Gasteiger partial charge in [-0.2, -0.15) is 0 Å². The van der Waals surface area contributed by atoms with Gasteiger partial charge in [-0.15, -0.1) is 11.3 Å². The highest BCUT2D eigenvalue weighted by Gasteiger charge is 2.12. The van der Waals surface area contributed by atoms with Gasteiger partial charge in [0.2, 0.25) is 5.91 Å². The lowest BCUT2D eigenvalue weighted by Crippen LogP contribution is -2.41. The zero-order valence-corrected chi connectivity index (χ0v) is 10.6. The summed E-state index contributed by atoms with van der Waals surface area (Å²) in [6.07, 6.45) is 0. The first-order valence-corrected chi connectivity index (χ1v) is 6.24. The fourth-order valence-electron chi connectivity index (χ4n) is 1.26. The molecular formula is C11H16N2O3S. The fraction of sp³-hybridized carbons (Fsp3) is 0.455. The first-order chi connectivity index (χ1) is 8.04. The molecule has 0 radical (unpaired) electrons. The number of carbonyl (C=O) groups excluding carboxylic acids is 1. The minimum atomic E-state index is -0.927. The van der Waals surface area contributed by atoms with E-state index >= 15 is 0 Å². The van der Waals surface area contributed by atoms with Crippen LogP contribution in [0.5, 0.6) is 0 Å². The van der Waals surface area contributed by atoms with Gasteiger partial charge in [-0.1, -0.05) is 0 Å². The largest absolute Gasteiger partial charge is 0.478 e. The molecule has 1 atom stereocenters. The van der Waals surface area contributed by atoms with Crippen molar-refractivity contribution in [3.8, 4) is 0 Å². The van der Waals surface area contributed by atoms with Gasteiger partial charge in [0, 0.05) is 23.3 Å². The summed E-state index contributed by atoms with van der Waals surface area (Å²) in [4.78, 5) is 23.0. The van der Waals surface area contributed by atoms with Crippen molar-refractivity contribution >= 4 is 23.2 Å². The lowest BCUT2D eigenvalue weighted by molar-refractivity contribution is -0.122. The van der Waals surface area contributed by atoms with Crippen LogP contribution in [0.1, 0.15) is 29.1 Å². The molecule has 1 heterocycles. The van der Waals surface area contributed by atoms with Crippen molar-refractivity contribution in [2.24, 2.45) is 0 Å². The van der Waals surface area contributed by atoms with Gasteiger partial charge in [0.1, 0.15) is 0 Å². The zero-order chi connectivity index (χ0) is 12.8. The minimum absolute atomic E-state index is 0.0532. The molecular weight excluding hydrogens is 240 g/mol. The summed E-state index contributed by atoms with van der Waals surface area (Å²) >= 11 is 1.37. The standard InChI is InChI=1S/C11H16N2O3S/c1-3-12-10(14)7(2)13-5-9-4-8(6-17-9)11(15)16/h4,6-7,13H,3,5H2,1-2H3,(H,12,14)(H,15,16). The van der Waals surface area contributed by atoms with Gasteiger partial charge in [0.15, 0.2) is 0 Å². The number of carboxylic acid groups (broad SMARTS) is 1. The third-order valence-electron chi connectivity index (χ3n) is 2.23. The van der Waals surface area contributed by atoms with Crippen LogP contribution in [0, 0.1) is 0 Å². The number of aromatic carboxylic acids is 1. The molecule has 0 aliphatic rings. The number of carboxylic acids is 1. The summed E-state index contributed by atoms with van der Waals surface area (Å²) < 4.78 is 0. The summed E-state index contributed by atoms with van der Waals surface area (Å²) in [5.41, 5.74) is 0.289. The third kappa shape index (κ3) is 4.16. The molecule has 1 aromatic heterocycles. The van der Waals surface area contributed by atoms with Crippen LogP contribution in [-0.2, 0) is 11.3 Å². The Morgan fingerprint density at radius 2 is 2.24 bits per heavy atom. The summed E-state index contributed by atoms with van der Waals surface area (Å²) in [5.74, 6) is -0.980. The van der Waals surface area contributed by atoms with E-state index in [4.69, 9.17) is 5.11 Å². The summed E-state index contributed by atoms with van der Waals surface area (Å²) in [7, 11) is 0. The predicted molar refractivity (Wildman–Crippen MR) is 66.3 cm³/mol. The van der Waals surface area contributed by atoms with E-state index in [9.17, 15) is 9.59 Å². The molecule has 94 valence electrons. The Morgan fingerprint density at radius 3 is 2.76 bits per heavy atom. The number of carbonyl (C=O) groups is 2. The maximum atomic E-state index is 11.4. The Hall–Kier alpha value is -1.40. The van der Waals surface area contributed by atoms with Crippen LogP contribution in [0.15, 0.2) is 11.4 Å². The molecule has 0 bridgehead atoms. The van der Waals surface area contributed by atoms with Crippen molar-refractivity contribution in [1.82, 2.24) is 10.6 Å². The number of hydrogen-bond acceptors (Lipinski definition) is 4. The summed E-state index contributed by atoms with van der Waals surface area (Å²) in [6, 6.07) is 1.33. The normalized spacial score (nSPS) is 12.1. The van der Waals surface area contributed by atoms with Crippen molar-refractivity contribution in [1.29, 1.82) is 0 Å². The third-order valence-corrected chi connectivity index (χ3v) is 3.16. The van der Waals surface area contributed by atoms with Crippen LogP contribution in [0.2, 0.25) is 0 Å². The van der Waals surface area contributed by atoms with Gasteiger partial charge >= 0.3 is 5.97 Å². The second kappa shape index (κ2) is 6.36. The maximum absolute atomic E-state index is 11.4. The van der Waals surface area contributed by atoms with Crippen molar-refractivity contribution in [3.05, 3.63) is 21.9 Å². The van der Waals surface area contributed by atoms with E-state index in [1.54, 1.807) is 18.4 Å².